The molecule has 29 nitrogen and oxygen atoms in total. The van der Waals surface area contributed by atoms with Crippen LogP contribution in [0.5, 0.6) is 5.75 Å². The number of phenolic OH excluding ortho intramolecular Hbond substituents is 1. The lowest BCUT2D eigenvalue weighted by Gasteiger charge is -2.34. The lowest BCUT2D eigenvalue weighted by Crippen LogP contribution is -2.50. The molecule has 4 aliphatic carbocycles. The van der Waals surface area contributed by atoms with Crippen LogP contribution in [0.2, 0.25) is 0 Å². The minimum atomic E-state index is -0.750. The molecule has 3 aromatic rings. The van der Waals surface area contributed by atoms with Gasteiger partial charge in [-0.05, 0) is 377 Å². The van der Waals surface area contributed by atoms with Crippen LogP contribution in [-0.4, -0.2) is 251 Å². The first kappa shape index (κ1) is 181. The van der Waals surface area contributed by atoms with Crippen LogP contribution in [0.4, 0.5) is 0 Å². The average molecular weight is 2130 g/mol. The third-order valence-electron chi connectivity index (χ3n) is 27.7. The summed E-state index contributed by atoms with van der Waals surface area (Å²) in [4.78, 5) is 137. The van der Waals surface area contributed by atoms with Gasteiger partial charge in [0.05, 0.1) is 74.6 Å². The Morgan fingerprint density at radius 2 is 0.727 bits per heavy atom. The molecule has 0 heterocycles. The summed E-state index contributed by atoms with van der Waals surface area (Å²) in [5.41, 5.74) is 13.4. The summed E-state index contributed by atoms with van der Waals surface area (Å²) in [5.74, 6) is 3.96. The number of carbonyl (C=O) groups excluding carboxylic acids is 12. The first-order valence-corrected chi connectivity index (χ1v) is 49.7. The molecule has 0 amide bonds. The number of rotatable bonds is 44. The standard InChI is InChI=1S/C15H19NO.C12H17NO2.C12H17NO.C9H20N4O.C9H17NO.2C9H19NO.C8H15NO.C8H17NO.C6H13NO2.C6H11NO.C6H13NO.12CH4/c1-11(17)15(2,16-3)10-13-9-8-12-6-4-5-7-14(12)13;1-9(14)12(13-2)8-5-10-3-6-11(15)7-4-10;1-10(14)12(2,13-3)9-11-7-5-4-6-8-11;1-7(14)9(2,12-3)5-4-6-13-8(10)11;1-8(11)9(10-2)6-4-3-5-7-9;1-7(2)6-9(4,10-5)8(3)11;1-7(2)5-6-9(10-4)8(3)11;1-7(10)8(9-2)5-3-4-6-8;1-4-5-6-8(9-3)7(2)10;1-5(9)6(2,4-8)7-3;1-5(8)6(7-2)3-4-6;1-5(8)6(2,3)7-4;;;;;;;;;;;;/h4-7,9,16H,8,10H2,1-3H3;3-4,6-7,12-13,15H,5,8H2,1-2H3;4-8,13H,9H2,1-3H3;12H,4-6H2,1-3H3,(H4,10,11,13);10H,3-7H2,1-2H3;7,10H,6H2,1-5H3;7,9-10H,5-6H2,1-4H3;9H,3-6H2,1-2H3;8-9H,4-6H2,1-3H3;7-8H,4H2,1-3H3;7H,3-4H2,1-2H3;7H,1-4H3;12*1H4/t15-;2*12-;9-;;2*9-;;8-;6-;;;;;;;;;;;;;;/m0000.00.00............../s1. The maximum Gasteiger partial charge on any atom is 0.185 e. The van der Waals surface area contributed by atoms with E-state index in [2.05, 4.69) is 134 Å². The first-order valence-electron chi connectivity index (χ1n) is 49.7. The van der Waals surface area contributed by atoms with Crippen molar-refractivity contribution in [2.24, 2.45) is 28.3 Å². The molecule has 3 aromatic carbocycles. The van der Waals surface area contributed by atoms with E-state index in [0.29, 0.717) is 29.9 Å². The molecule has 7 rings (SSSR count). The zero-order chi connectivity index (χ0) is 108. The van der Waals surface area contributed by atoms with Crippen LogP contribution >= 0.6 is 0 Å². The number of aryl methyl sites for hydroxylation is 1. The maximum absolute atomic E-state index is 11.7. The smallest absolute Gasteiger partial charge is 0.185 e. The van der Waals surface area contributed by atoms with Crippen LogP contribution in [0.25, 0.3) is 5.57 Å². The van der Waals surface area contributed by atoms with Gasteiger partial charge in [-0.25, -0.2) is 0 Å². The molecular weight excluding hydrogens is 1890 g/mol. The summed E-state index contributed by atoms with van der Waals surface area (Å²) in [5, 5.41) is 54.0. The fourth-order valence-corrected chi connectivity index (χ4v) is 14.7. The number of aliphatic imine (C=N–C) groups is 1. The topological polar surface area (TPSA) is 454 Å². The van der Waals surface area contributed by atoms with E-state index in [1.54, 1.807) is 123 Å². The number of phenols is 1. The third kappa shape index (κ3) is 72.6. The number of unbranched alkanes of at least 4 members (excludes halogenated alkanes) is 1. The Balaban J connectivity index is -0.0000000857. The molecule has 8 atom stereocenters. The highest BCUT2D eigenvalue weighted by atomic mass is 16.3. The number of aromatic hydroxyl groups is 1. The van der Waals surface area contributed by atoms with Crippen molar-refractivity contribution in [3.8, 4) is 5.75 Å². The number of Topliss-reactive ketones (excluding diaryl/α,β-unsaturated/α-hetero) is 12. The maximum atomic E-state index is 11.7. The number of fused-ring (bicyclic) bond motifs is 1. The largest absolute Gasteiger partial charge is 0.508 e. The Hall–Kier alpha value is -8.01. The number of aliphatic hydroxyl groups is 1. The number of nitrogens with one attached hydrogen (secondary N) is 12. The number of likely N-dealkylation sites (N-methyl/N-ethyl adjacent to an activating group) is 12. The lowest BCUT2D eigenvalue weighted by atomic mass is 9.79. The molecule has 0 aliphatic heterocycles. The molecule has 0 radical (unpaired) electrons. The van der Waals surface area contributed by atoms with Crippen molar-refractivity contribution in [1.29, 1.82) is 0 Å². The van der Waals surface area contributed by atoms with Crippen LogP contribution in [0.3, 0.4) is 0 Å². The van der Waals surface area contributed by atoms with Gasteiger partial charge in [-0.1, -0.05) is 241 Å². The number of hydrogen-bond donors (Lipinski definition) is 16. The third-order valence-corrected chi connectivity index (χ3v) is 27.7. The van der Waals surface area contributed by atoms with Crippen molar-refractivity contribution in [2.75, 3.05) is 97.7 Å². The Labute approximate surface area is 923 Å². The van der Waals surface area contributed by atoms with Crippen LogP contribution < -0.4 is 75.3 Å². The van der Waals surface area contributed by atoms with Gasteiger partial charge < -0.3 is 85.5 Å². The summed E-state index contributed by atoms with van der Waals surface area (Å²) in [6, 6.07) is 25.6. The molecule has 29 heteroatoms. The number of carbonyl (C=O) groups is 12. The van der Waals surface area contributed by atoms with Gasteiger partial charge in [0.2, 0.25) is 0 Å². The number of nitrogens with two attached hydrogens (primary N) is 2. The van der Waals surface area contributed by atoms with E-state index in [9.17, 15) is 57.5 Å². The molecule has 3 saturated carbocycles. The van der Waals surface area contributed by atoms with Crippen LogP contribution in [0, 0.1) is 11.8 Å². The van der Waals surface area contributed by atoms with Gasteiger partial charge in [-0.2, -0.15) is 0 Å². The molecule has 4 aliphatic rings. The second kappa shape index (κ2) is 94.5. The molecule has 0 saturated heterocycles. The van der Waals surface area contributed by atoms with Crippen LogP contribution in [0.15, 0.2) is 89.9 Å². The van der Waals surface area contributed by atoms with Crippen LogP contribution in [0.1, 0.15) is 412 Å². The van der Waals surface area contributed by atoms with Gasteiger partial charge in [0.25, 0.3) is 0 Å². The van der Waals surface area contributed by atoms with Crippen molar-refractivity contribution < 1.29 is 67.7 Å². The molecule has 150 heavy (non-hydrogen) atoms. The predicted molar refractivity (Wildman–Crippen MR) is 653 cm³/mol. The van der Waals surface area contributed by atoms with Crippen molar-refractivity contribution in [1.82, 2.24) is 63.8 Å². The van der Waals surface area contributed by atoms with Crippen molar-refractivity contribution in [2.45, 2.75) is 477 Å². The van der Waals surface area contributed by atoms with E-state index in [1.165, 1.54) is 61.3 Å². The number of hydrogen-bond acceptors (Lipinski definition) is 27. The van der Waals surface area contributed by atoms with E-state index < -0.39 is 22.2 Å². The Bertz CT molecular complexity index is 4060. The summed E-state index contributed by atoms with van der Waals surface area (Å²) in [6.07, 6.45) is 26.3. The summed E-state index contributed by atoms with van der Waals surface area (Å²) < 4.78 is 0. The molecule has 3 fully saturated rings. The Morgan fingerprint density at radius 3 is 0.993 bits per heavy atom. The summed E-state index contributed by atoms with van der Waals surface area (Å²) >= 11 is 0. The molecular formula is C121H245N15O14. The minimum Gasteiger partial charge on any atom is -0.508 e. The molecule has 888 valence electrons. The van der Waals surface area contributed by atoms with Crippen molar-refractivity contribution in [3.05, 3.63) is 107 Å². The fourth-order valence-electron chi connectivity index (χ4n) is 14.7. The highest BCUT2D eigenvalue weighted by Gasteiger charge is 2.46. The summed E-state index contributed by atoms with van der Waals surface area (Å²) in [6.45, 7) is 43.7. The molecule has 18 N–H and O–H groups in total. The fraction of sp³-hybridized carbons (Fsp3) is 0.727. The molecule has 0 bridgehead atoms. The van der Waals surface area contributed by atoms with Gasteiger partial charge in [-0.3, -0.25) is 62.5 Å². The number of ketones is 12. The second-order valence-corrected chi connectivity index (χ2v) is 39.3. The lowest BCUT2D eigenvalue weighted by molar-refractivity contribution is -0.125. The van der Waals surface area contributed by atoms with Crippen molar-refractivity contribution >= 4 is 80.9 Å². The van der Waals surface area contributed by atoms with E-state index >= 15 is 0 Å². The first-order chi connectivity index (χ1) is 64.1. The SMILES string of the molecule is C.C.C.C.C.C.C.C.C.C.C.C.CCCC[C@H](NC)C(C)=O.CNC(C)(C)C(C)=O.CNC1(C(C)=O)CC1.CNC1(C(C)=O)CCCC1.CNC1(C(C)=O)CCCCC1.CN[C@@H](CCC(C)C)C(C)=O.CN[C@@H](CCc1ccc(O)cc1)C(C)=O.CN[C@@](C)(CC(C)C)C(C)=O.CN[C@@](C)(CC1=CCc2ccccc21)C(C)=O.CN[C@@](C)(CCCN=C(N)N)C(C)=O.CN[C@@](C)(CO)C(C)=O.CN[C@@](C)(Cc1ccccc1)C(C)=O. The Morgan fingerprint density at radius 1 is 0.380 bits per heavy atom. The minimum absolute atomic E-state index is 0. The predicted octanol–water partition coefficient (Wildman–Crippen LogP) is 20.7. The van der Waals surface area contributed by atoms with E-state index in [-0.39, 0.29) is 211 Å². The van der Waals surface area contributed by atoms with E-state index in [1.807, 2.05) is 140 Å². The monoisotopic (exact) mass is 2130 g/mol. The van der Waals surface area contributed by atoms with Crippen LogP contribution in [-0.2, 0) is 76.8 Å². The zero-order valence-corrected chi connectivity index (χ0v) is 92.7. The molecule has 0 unspecified atom stereocenters. The molecule has 0 spiro atoms. The normalized spacial score (nSPS) is 15.1. The number of nitrogens with zero attached hydrogens (tertiary/aromatic N) is 1. The second-order valence-electron chi connectivity index (χ2n) is 39.3. The quantitative estimate of drug-likeness (QED) is 0.0142. The van der Waals surface area contributed by atoms with E-state index in [4.69, 9.17) is 21.7 Å². The number of aliphatic hydroxyl groups excluding tert-OH is 1. The van der Waals surface area contributed by atoms with Gasteiger partial charge in [-0.15, -0.1) is 0 Å². The van der Waals surface area contributed by atoms with Gasteiger partial charge >= 0.3 is 0 Å². The highest BCUT2D eigenvalue weighted by Crippen LogP contribution is 2.36. The number of allylic oxidation sites excluding steroid dienone is 1. The summed E-state index contributed by atoms with van der Waals surface area (Å²) in [7, 11) is 21.8. The van der Waals surface area contributed by atoms with E-state index in [0.717, 1.165) is 128 Å². The number of benzene rings is 3. The van der Waals surface area contributed by atoms with Gasteiger partial charge in [0.15, 0.2) is 11.7 Å². The molecule has 0 aromatic heterocycles. The van der Waals surface area contributed by atoms with Crippen molar-refractivity contribution in [3.63, 3.8) is 0 Å². The number of guanidine groups is 1. The zero-order valence-electron chi connectivity index (χ0n) is 92.7. The van der Waals surface area contributed by atoms with Gasteiger partial charge in [0.1, 0.15) is 69.4 Å². The Kier molecular flexibility index (Phi) is 114. The highest BCUT2D eigenvalue weighted by molar-refractivity contribution is 5.91. The van der Waals surface area contributed by atoms with Gasteiger partial charge in [0, 0.05) is 6.54 Å². The average Bonchev–Trinajstić information content (AvgIpc) is 1.63.